The minimum Gasteiger partial charge on any atom is -0.388 e. The molecule has 4 aromatic rings. The van der Waals surface area contributed by atoms with Crippen molar-refractivity contribution in [2.75, 3.05) is 31.5 Å². The maximum absolute atomic E-state index is 13.6. The highest BCUT2D eigenvalue weighted by Crippen LogP contribution is 2.30. The topological polar surface area (TPSA) is 104 Å². The number of nitrogens with zero attached hydrogens (tertiary/aromatic N) is 5. The highest BCUT2D eigenvalue weighted by Gasteiger charge is 2.39. The lowest BCUT2D eigenvalue weighted by molar-refractivity contribution is -0.0342. The van der Waals surface area contributed by atoms with Crippen LogP contribution in [0.15, 0.2) is 71.9 Å². The lowest BCUT2D eigenvalue weighted by Gasteiger charge is -2.40. The van der Waals surface area contributed by atoms with Crippen molar-refractivity contribution < 1.29 is 17.9 Å². The Morgan fingerprint density at radius 3 is 2.58 bits per heavy atom. The van der Waals surface area contributed by atoms with E-state index in [-0.39, 0.29) is 10.7 Å². The van der Waals surface area contributed by atoms with Gasteiger partial charge < -0.3 is 15.0 Å². The van der Waals surface area contributed by atoms with Crippen molar-refractivity contribution in [1.82, 2.24) is 23.7 Å². The number of benzene rings is 2. The number of likely N-dealkylation sites (tertiary alicyclic amines) is 1. The van der Waals surface area contributed by atoms with E-state index in [1.54, 1.807) is 42.6 Å². The first-order chi connectivity index (χ1) is 19.2. The van der Waals surface area contributed by atoms with Crippen molar-refractivity contribution in [1.29, 1.82) is 0 Å². The smallest absolute Gasteiger partial charge is 0.243 e. The molecule has 0 spiro atoms. The second-order valence-electron chi connectivity index (χ2n) is 10.9. The SMILES string of the molecule is C[C@H]1CCCN1CC1(O)CCN(S(=O)(=O)c2ccc(Nc3nccc(-n4ccc5cc(F)ccc54)n3)cc2)CC1. The van der Waals surface area contributed by atoms with E-state index >= 15 is 0 Å². The maximum atomic E-state index is 13.6. The van der Waals surface area contributed by atoms with Crippen LogP contribution in [0.4, 0.5) is 16.0 Å². The summed E-state index contributed by atoms with van der Waals surface area (Å²) in [6, 6.07) is 15.1. The van der Waals surface area contributed by atoms with E-state index in [4.69, 9.17) is 0 Å². The van der Waals surface area contributed by atoms with Crippen LogP contribution in [-0.4, -0.2) is 75.1 Å². The van der Waals surface area contributed by atoms with E-state index in [1.165, 1.54) is 16.4 Å². The Balaban J connectivity index is 1.12. The lowest BCUT2D eigenvalue weighted by atomic mass is 9.91. The quantitative estimate of drug-likeness (QED) is 0.345. The van der Waals surface area contributed by atoms with Crippen LogP contribution < -0.4 is 5.32 Å². The summed E-state index contributed by atoms with van der Waals surface area (Å²) in [6.45, 7) is 4.37. The van der Waals surface area contributed by atoms with Gasteiger partial charge in [-0.25, -0.2) is 17.8 Å². The maximum Gasteiger partial charge on any atom is 0.243 e. The molecule has 210 valence electrons. The zero-order valence-corrected chi connectivity index (χ0v) is 23.2. The first-order valence-corrected chi connectivity index (χ1v) is 15.1. The molecule has 2 aliphatic rings. The molecule has 0 unspecified atom stereocenters. The zero-order valence-electron chi connectivity index (χ0n) is 22.4. The molecule has 2 fully saturated rings. The predicted octanol–water partition coefficient (Wildman–Crippen LogP) is 4.30. The van der Waals surface area contributed by atoms with Crippen molar-refractivity contribution in [3.63, 3.8) is 0 Å². The normalized spacial score (nSPS) is 20.2. The summed E-state index contributed by atoms with van der Waals surface area (Å²) in [5.41, 5.74) is 0.612. The summed E-state index contributed by atoms with van der Waals surface area (Å²) in [4.78, 5) is 11.4. The largest absolute Gasteiger partial charge is 0.388 e. The molecule has 2 N–H and O–H groups in total. The first-order valence-electron chi connectivity index (χ1n) is 13.6. The number of nitrogens with one attached hydrogen (secondary N) is 1. The van der Waals surface area contributed by atoms with Gasteiger partial charge >= 0.3 is 0 Å². The van der Waals surface area contributed by atoms with Gasteiger partial charge in [-0.15, -0.1) is 0 Å². The number of halogens is 1. The molecule has 2 aromatic heterocycles. The van der Waals surface area contributed by atoms with E-state index in [0.29, 0.717) is 56.0 Å². The molecule has 2 saturated heterocycles. The first kappa shape index (κ1) is 26.8. The Bertz CT molecular complexity index is 1620. The summed E-state index contributed by atoms with van der Waals surface area (Å²) >= 11 is 0. The Morgan fingerprint density at radius 2 is 1.85 bits per heavy atom. The van der Waals surface area contributed by atoms with Crippen molar-refractivity contribution in [3.05, 3.63) is 72.8 Å². The van der Waals surface area contributed by atoms with Crippen molar-refractivity contribution in [2.24, 2.45) is 0 Å². The molecule has 0 saturated carbocycles. The number of piperidine rings is 1. The molecule has 9 nitrogen and oxygen atoms in total. The summed E-state index contributed by atoms with van der Waals surface area (Å²) in [6.07, 6.45) is 6.59. The van der Waals surface area contributed by atoms with Gasteiger partial charge in [-0.05, 0) is 93.7 Å². The Labute approximate surface area is 233 Å². The minimum atomic E-state index is -3.68. The monoisotopic (exact) mass is 564 g/mol. The molecular formula is C29H33FN6O3S. The molecule has 1 atom stereocenters. The molecule has 0 radical (unpaired) electrons. The molecular weight excluding hydrogens is 531 g/mol. The van der Waals surface area contributed by atoms with Crippen LogP contribution in [0.25, 0.3) is 16.7 Å². The summed E-state index contributed by atoms with van der Waals surface area (Å²) in [5, 5.41) is 15.0. The van der Waals surface area contributed by atoms with E-state index in [0.717, 1.165) is 30.3 Å². The number of fused-ring (bicyclic) bond motifs is 1. The molecule has 11 heteroatoms. The van der Waals surface area contributed by atoms with E-state index in [1.807, 2.05) is 16.8 Å². The molecule has 0 aliphatic carbocycles. The van der Waals surface area contributed by atoms with Crippen molar-refractivity contribution >= 4 is 32.6 Å². The van der Waals surface area contributed by atoms with Crippen LogP contribution in [0.3, 0.4) is 0 Å². The Kier molecular flexibility index (Phi) is 7.07. The van der Waals surface area contributed by atoms with Crippen LogP contribution >= 0.6 is 0 Å². The van der Waals surface area contributed by atoms with Crippen molar-refractivity contribution in [2.45, 2.75) is 49.1 Å². The third-order valence-electron chi connectivity index (χ3n) is 8.13. The third-order valence-corrected chi connectivity index (χ3v) is 10.0. The zero-order chi connectivity index (χ0) is 27.9. The van der Waals surface area contributed by atoms with Gasteiger partial charge in [0.25, 0.3) is 0 Å². The van der Waals surface area contributed by atoms with Crippen LogP contribution in [0.5, 0.6) is 0 Å². The van der Waals surface area contributed by atoms with Crippen molar-refractivity contribution in [3.8, 4) is 5.82 Å². The fraction of sp³-hybridized carbons (Fsp3) is 0.379. The van der Waals surface area contributed by atoms with Crippen LogP contribution in [-0.2, 0) is 10.0 Å². The standard InChI is InChI=1S/C29H33FN6O3S/c1-21-3-2-15-34(21)20-29(37)12-17-35(18-13-29)40(38,39)25-7-5-24(6-8-25)32-28-31-14-10-27(33-28)36-16-11-22-19-23(30)4-9-26(22)36/h4-11,14,16,19,21,37H,2-3,12-13,15,17-18,20H2,1H3,(H,31,32,33)/t21-/m0/s1. The number of rotatable bonds is 7. The number of hydrogen-bond acceptors (Lipinski definition) is 7. The molecule has 0 amide bonds. The predicted molar refractivity (Wildman–Crippen MR) is 152 cm³/mol. The van der Waals surface area contributed by atoms with Gasteiger partial charge in [0.05, 0.1) is 16.0 Å². The highest BCUT2D eigenvalue weighted by molar-refractivity contribution is 7.89. The number of aliphatic hydroxyl groups is 1. The number of β-amino-alcohol motifs (C(OH)–C–C–N with tert-alkyl or cyclic N) is 1. The fourth-order valence-corrected chi connectivity index (χ4v) is 7.19. The molecule has 0 bridgehead atoms. The minimum absolute atomic E-state index is 0.206. The summed E-state index contributed by atoms with van der Waals surface area (Å²) in [5.74, 6) is 0.664. The number of hydrogen-bond donors (Lipinski definition) is 2. The number of sulfonamides is 1. The average Bonchev–Trinajstić information content (AvgIpc) is 3.54. The highest BCUT2D eigenvalue weighted by atomic mass is 32.2. The van der Waals surface area contributed by atoms with Gasteiger partial charge in [-0.2, -0.15) is 9.29 Å². The Morgan fingerprint density at radius 1 is 1.07 bits per heavy atom. The molecule has 6 rings (SSSR count). The second kappa shape index (κ2) is 10.5. The van der Waals surface area contributed by atoms with Gasteiger partial charge in [0.15, 0.2) is 0 Å². The molecule has 4 heterocycles. The second-order valence-corrected chi connectivity index (χ2v) is 12.8. The van der Waals surface area contributed by atoms with Gasteiger partial charge in [0, 0.05) is 49.1 Å². The van der Waals surface area contributed by atoms with Crippen LogP contribution in [0.2, 0.25) is 0 Å². The average molecular weight is 565 g/mol. The van der Waals surface area contributed by atoms with Crippen LogP contribution in [0, 0.1) is 5.82 Å². The van der Waals surface area contributed by atoms with E-state index < -0.39 is 15.6 Å². The third kappa shape index (κ3) is 5.34. The lowest BCUT2D eigenvalue weighted by Crippen LogP contribution is -2.52. The van der Waals surface area contributed by atoms with Gasteiger partial charge in [0.1, 0.15) is 11.6 Å². The molecule has 2 aliphatic heterocycles. The fourth-order valence-electron chi connectivity index (χ4n) is 5.75. The number of aromatic nitrogens is 3. The van der Waals surface area contributed by atoms with Gasteiger partial charge in [-0.1, -0.05) is 0 Å². The van der Waals surface area contributed by atoms with Gasteiger partial charge in [-0.3, -0.25) is 4.90 Å². The number of anilines is 2. The van der Waals surface area contributed by atoms with E-state index in [9.17, 15) is 17.9 Å². The summed E-state index contributed by atoms with van der Waals surface area (Å²) < 4.78 is 43.6. The van der Waals surface area contributed by atoms with Crippen LogP contribution in [0.1, 0.15) is 32.6 Å². The summed E-state index contributed by atoms with van der Waals surface area (Å²) in [7, 11) is -3.68. The van der Waals surface area contributed by atoms with Gasteiger partial charge in [0.2, 0.25) is 16.0 Å². The molecule has 40 heavy (non-hydrogen) atoms. The Hall–Kier alpha value is -3.38. The molecule has 2 aromatic carbocycles. The van der Waals surface area contributed by atoms with E-state index in [2.05, 4.69) is 27.1 Å².